The van der Waals surface area contributed by atoms with Crippen molar-refractivity contribution >= 4 is 5.78 Å². The largest absolute Gasteiger partial charge is 0.311 e. The summed E-state index contributed by atoms with van der Waals surface area (Å²) in [6.07, 6.45) is 4.42. The zero-order valence-corrected chi connectivity index (χ0v) is 7.89. The van der Waals surface area contributed by atoms with E-state index in [0.717, 1.165) is 19.4 Å². The second kappa shape index (κ2) is 4.41. The Balaban J connectivity index is 2.46. The number of nitrogens with one attached hydrogen (secondary N) is 1. The van der Waals surface area contributed by atoms with Gasteiger partial charge in [-0.05, 0) is 19.9 Å². The van der Waals surface area contributed by atoms with Crippen LogP contribution >= 0.6 is 0 Å². The van der Waals surface area contributed by atoms with Crippen molar-refractivity contribution in [2.75, 3.05) is 6.54 Å². The van der Waals surface area contributed by atoms with Gasteiger partial charge in [-0.2, -0.15) is 0 Å². The number of hydrogen-bond donors (Lipinski definition) is 1. The van der Waals surface area contributed by atoms with E-state index in [1.54, 1.807) is 0 Å². The van der Waals surface area contributed by atoms with Crippen LogP contribution in [0.25, 0.3) is 0 Å². The van der Waals surface area contributed by atoms with E-state index in [2.05, 4.69) is 25.2 Å². The summed E-state index contributed by atoms with van der Waals surface area (Å²) in [4.78, 5) is 10.9. The van der Waals surface area contributed by atoms with E-state index in [1.165, 1.54) is 5.57 Å². The van der Waals surface area contributed by atoms with Gasteiger partial charge in [-0.3, -0.25) is 4.79 Å². The molecule has 12 heavy (non-hydrogen) atoms. The number of rotatable bonds is 3. The Labute approximate surface area is 74.0 Å². The highest BCUT2D eigenvalue weighted by Crippen LogP contribution is 2.17. The molecule has 0 heterocycles. The lowest BCUT2D eigenvalue weighted by Gasteiger charge is -2.19. The van der Waals surface area contributed by atoms with E-state index in [4.69, 9.17) is 0 Å². The maximum absolute atomic E-state index is 10.9. The molecule has 1 N–H and O–H groups in total. The minimum atomic E-state index is 0.377. The molecular formula is C10H17NO. The van der Waals surface area contributed by atoms with Crippen LogP contribution in [0.1, 0.15) is 33.1 Å². The molecule has 1 rings (SSSR count). The molecule has 1 atom stereocenters. The third kappa shape index (κ3) is 2.45. The minimum absolute atomic E-state index is 0.377. The summed E-state index contributed by atoms with van der Waals surface area (Å²) in [5.41, 5.74) is 1.40. The van der Waals surface area contributed by atoms with E-state index in [1.807, 2.05) is 0 Å². The average molecular weight is 167 g/mol. The second-order valence-corrected chi connectivity index (χ2v) is 3.30. The van der Waals surface area contributed by atoms with Crippen LogP contribution < -0.4 is 5.32 Å². The first-order valence-electron chi connectivity index (χ1n) is 4.68. The molecule has 68 valence electrons. The SMILES string of the molecule is CCNC(C)C1=CCC(=O)CC1. The lowest BCUT2D eigenvalue weighted by Crippen LogP contribution is -2.28. The Hall–Kier alpha value is -0.630. The van der Waals surface area contributed by atoms with E-state index in [9.17, 15) is 4.79 Å². The Morgan fingerprint density at radius 1 is 1.58 bits per heavy atom. The molecule has 0 aliphatic heterocycles. The predicted molar refractivity (Wildman–Crippen MR) is 50.1 cm³/mol. The van der Waals surface area contributed by atoms with Gasteiger partial charge in [0.15, 0.2) is 0 Å². The molecule has 2 heteroatoms. The van der Waals surface area contributed by atoms with Gasteiger partial charge in [-0.1, -0.05) is 18.6 Å². The maximum Gasteiger partial charge on any atom is 0.136 e. The molecule has 0 saturated carbocycles. The molecular weight excluding hydrogens is 150 g/mol. The first-order chi connectivity index (χ1) is 5.74. The fourth-order valence-electron chi connectivity index (χ4n) is 1.56. The van der Waals surface area contributed by atoms with Crippen LogP contribution in [0.4, 0.5) is 0 Å². The molecule has 0 bridgehead atoms. The Morgan fingerprint density at radius 2 is 2.33 bits per heavy atom. The van der Waals surface area contributed by atoms with Gasteiger partial charge in [0.25, 0.3) is 0 Å². The number of Topliss-reactive ketones (excluding diaryl/α,β-unsaturated/α-hetero) is 1. The molecule has 0 aromatic carbocycles. The number of carbonyl (C=O) groups excluding carboxylic acids is 1. The minimum Gasteiger partial charge on any atom is -0.311 e. The van der Waals surface area contributed by atoms with Gasteiger partial charge >= 0.3 is 0 Å². The van der Waals surface area contributed by atoms with E-state index in [-0.39, 0.29) is 0 Å². The monoisotopic (exact) mass is 167 g/mol. The Kier molecular flexibility index (Phi) is 3.48. The van der Waals surface area contributed by atoms with Crippen LogP contribution in [0, 0.1) is 0 Å². The molecule has 0 saturated heterocycles. The van der Waals surface area contributed by atoms with Gasteiger partial charge < -0.3 is 5.32 Å². The highest BCUT2D eigenvalue weighted by molar-refractivity contribution is 5.81. The fourth-order valence-corrected chi connectivity index (χ4v) is 1.56. The van der Waals surface area contributed by atoms with Crippen LogP contribution in [0.2, 0.25) is 0 Å². The molecule has 1 unspecified atom stereocenters. The second-order valence-electron chi connectivity index (χ2n) is 3.30. The summed E-state index contributed by atoms with van der Waals surface area (Å²) >= 11 is 0. The van der Waals surface area contributed by atoms with Crippen molar-refractivity contribution in [1.29, 1.82) is 0 Å². The number of hydrogen-bond acceptors (Lipinski definition) is 2. The molecule has 0 amide bonds. The third-order valence-electron chi connectivity index (χ3n) is 2.35. The molecule has 0 aromatic rings. The van der Waals surface area contributed by atoms with Crippen LogP contribution in [0.3, 0.4) is 0 Å². The first-order valence-corrected chi connectivity index (χ1v) is 4.68. The van der Waals surface area contributed by atoms with Gasteiger partial charge in [0, 0.05) is 18.9 Å². The summed E-state index contributed by atoms with van der Waals surface area (Å²) in [7, 11) is 0. The topological polar surface area (TPSA) is 29.1 Å². The van der Waals surface area contributed by atoms with Crippen LogP contribution in [-0.2, 0) is 4.79 Å². The molecule has 1 aliphatic rings. The summed E-state index contributed by atoms with van der Waals surface area (Å²) in [6.45, 7) is 5.25. The van der Waals surface area contributed by atoms with Crippen LogP contribution in [0.15, 0.2) is 11.6 Å². The normalized spacial score (nSPS) is 20.5. The number of likely N-dealkylation sites (N-methyl/N-ethyl adjacent to an activating group) is 1. The molecule has 0 fully saturated rings. The van der Waals surface area contributed by atoms with E-state index < -0.39 is 0 Å². The fraction of sp³-hybridized carbons (Fsp3) is 0.700. The van der Waals surface area contributed by atoms with Gasteiger partial charge in [0.05, 0.1) is 0 Å². The van der Waals surface area contributed by atoms with Crippen molar-refractivity contribution in [3.05, 3.63) is 11.6 Å². The summed E-state index contributed by atoms with van der Waals surface area (Å²) in [5.74, 6) is 0.377. The van der Waals surface area contributed by atoms with E-state index >= 15 is 0 Å². The average Bonchev–Trinajstić information content (AvgIpc) is 2.06. The Morgan fingerprint density at radius 3 is 2.83 bits per heavy atom. The zero-order chi connectivity index (χ0) is 8.97. The van der Waals surface area contributed by atoms with Crippen molar-refractivity contribution in [3.63, 3.8) is 0 Å². The number of allylic oxidation sites excluding steroid dienone is 1. The number of carbonyl (C=O) groups is 1. The smallest absolute Gasteiger partial charge is 0.136 e. The van der Waals surface area contributed by atoms with Gasteiger partial charge in [-0.25, -0.2) is 0 Å². The standard InChI is InChI=1S/C10H17NO/c1-3-11-8(2)9-4-6-10(12)7-5-9/h4,8,11H,3,5-7H2,1-2H3. The molecule has 2 nitrogen and oxygen atoms in total. The molecule has 1 aliphatic carbocycles. The van der Waals surface area contributed by atoms with Gasteiger partial charge in [0.2, 0.25) is 0 Å². The molecule has 0 radical (unpaired) electrons. The van der Waals surface area contributed by atoms with E-state index in [0.29, 0.717) is 18.2 Å². The maximum atomic E-state index is 10.9. The van der Waals surface area contributed by atoms with Crippen LogP contribution in [-0.4, -0.2) is 18.4 Å². The van der Waals surface area contributed by atoms with Gasteiger partial charge in [-0.15, -0.1) is 0 Å². The van der Waals surface area contributed by atoms with Crippen molar-refractivity contribution < 1.29 is 4.79 Å². The molecule has 0 spiro atoms. The zero-order valence-electron chi connectivity index (χ0n) is 7.89. The third-order valence-corrected chi connectivity index (χ3v) is 2.35. The van der Waals surface area contributed by atoms with Crippen molar-refractivity contribution in [1.82, 2.24) is 5.32 Å². The molecule has 0 aromatic heterocycles. The van der Waals surface area contributed by atoms with Crippen molar-refractivity contribution in [2.24, 2.45) is 0 Å². The summed E-state index contributed by atoms with van der Waals surface area (Å²) in [5, 5.41) is 3.35. The predicted octanol–water partition coefficient (Wildman–Crippen LogP) is 1.66. The summed E-state index contributed by atoms with van der Waals surface area (Å²) in [6, 6.07) is 0.447. The lowest BCUT2D eigenvalue weighted by atomic mass is 9.94. The Bertz CT molecular complexity index is 196. The van der Waals surface area contributed by atoms with Crippen LogP contribution in [0.5, 0.6) is 0 Å². The highest BCUT2D eigenvalue weighted by atomic mass is 16.1. The van der Waals surface area contributed by atoms with Gasteiger partial charge in [0.1, 0.15) is 5.78 Å². The summed E-state index contributed by atoms with van der Waals surface area (Å²) < 4.78 is 0. The number of ketones is 1. The first kappa shape index (κ1) is 9.46. The quantitative estimate of drug-likeness (QED) is 0.648. The van der Waals surface area contributed by atoms with Crippen molar-refractivity contribution in [3.8, 4) is 0 Å². The lowest BCUT2D eigenvalue weighted by molar-refractivity contribution is -0.118. The van der Waals surface area contributed by atoms with Crippen molar-refractivity contribution in [2.45, 2.75) is 39.2 Å². The highest BCUT2D eigenvalue weighted by Gasteiger charge is 2.14.